The van der Waals surface area contributed by atoms with Gasteiger partial charge in [-0.15, -0.1) is 24.0 Å². The van der Waals surface area contributed by atoms with Crippen molar-refractivity contribution in [1.29, 1.82) is 0 Å². The third-order valence-electron chi connectivity index (χ3n) is 3.87. The number of hydrogen-bond acceptors (Lipinski definition) is 1. The standard InChI is InChI=1S/C12H20F3N3.HI/c1-16-10(17-7-6-12(13,14)15)18-8-11(4-5-11)9-2-3-9;/h9H,2-8H2,1H3,(H2,16,17,18);1H. The number of guanidine groups is 1. The molecule has 7 heteroatoms. The highest BCUT2D eigenvalue weighted by molar-refractivity contribution is 14.0. The number of hydrogen-bond donors (Lipinski definition) is 2. The van der Waals surface area contributed by atoms with E-state index in [9.17, 15) is 13.2 Å². The molecular formula is C12H21F3IN3. The van der Waals surface area contributed by atoms with E-state index in [0.717, 1.165) is 12.5 Å². The molecule has 0 aromatic carbocycles. The molecule has 2 saturated carbocycles. The maximum atomic E-state index is 12.0. The van der Waals surface area contributed by atoms with Crippen LogP contribution in [-0.4, -0.2) is 32.3 Å². The van der Waals surface area contributed by atoms with Gasteiger partial charge in [0.2, 0.25) is 0 Å². The topological polar surface area (TPSA) is 36.4 Å². The van der Waals surface area contributed by atoms with Crippen molar-refractivity contribution in [2.45, 2.75) is 38.3 Å². The van der Waals surface area contributed by atoms with Crippen LogP contribution in [0.25, 0.3) is 0 Å². The maximum absolute atomic E-state index is 12.0. The summed E-state index contributed by atoms with van der Waals surface area (Å²) in [5, 5.41) is 5.86. The summed E-state index contributed by atoms with van der Waals surface area (Å²) in [7, 11) is 1.58. The van der Waals surface area contributed by atoms with E-state index in [2.05, 4.69) is 15.6 Å². The Morgan fingerprint density at radius 3 is 2.32 bits per heavy atom. The van der Waals surface area contributed by atoms with Crippen LogP contribution in [0.5, 0.6) is 0 Å². The molecule has 0 spiro atoms. The van der Waals surface area contributed by atoms with Crippen molar-refractivity contribution in [1.82, 2.24) is 10.6 Å². The molecule has 0 aliphatic heterocycles. The van der Waals surface area contributed by atoms with E-state index in [-0.39, 0.29) is 30.5 Å². The monoisotopic (exact) mass is 391 g/mol. The van der Waals surface area contributed by atoms with Crippen molar-refractivity contribution in [3.63, 3.8) is 0 Å². The Labute approximate surface area is 128 Å². The van der Waals surface area contributed by atoms with E-state index in [4.69, 9.17) is 0 Å². The summed E-state index contributed by atoms with van der Waals surface area (Å²) in [4.78, 5) is 3.95. The van der Waals surface area contributed by atoms with Gasteiger partial charge in [-0.05, 0) is 37.0 Å². The first kappa shape index (κ1) is 16.8. The smallest absolute Gasteiger partial charge is 0.356 e. The van der Waals surface area contributed by atoms with E-state index < -0.39 is 12.6 Å². The summed E-state index contributed by atoms with van der Waals surface area (Å²) in [6, 6.07) is 0. The average molecular weight is 391 g/mol. The minimum absolute atomic E-state index is 0. The molecule has 0 bridgehead atoms. The molecule has 2 aliphatic carbocycles. The number of halogens is 4. The zero-order valence-electron chi connectivity index (χ0n) is 11.0. The lowest BCUT2D eigenvalue weighted by atomic mass is 10.0. The highest BCUT2D eigenvalue weighted by Gasteiger charge is 2.53. The molecule has 2 fully saturated rings. The van der Waals surface area contributed by atoms with E-state index in [0.29, 0.717) is 11.4 Å². The molecule has 112 valence electrons. The second-order valence-electron chi connectivity index (χ2n) is 5.35. The predicted octanol–water partition coefficient (Wildman–Crippen LogP) is 2.91. The maximum Gasteiger partial charge on any atom is 0.390 e. The predicted molar refractivity (Wildman–Crippen MR) is 79.8 cm³/mol. The van der Waals surface area contributed by atoms with Gasteiger partial charge in [-0.2, -0.15) is 13.2 Å². The first-order valence-electron chi connectivity index (χ1n) is 6.46. The third kappa shape index (κ3) is 5.35. The number of nitrogens with zero attached hydrogens (tertiary/aromatic N) is 1. The Hall–Kier alpha value is -0.210. The van der Waals surface area contributed by atoms with E-state index in [1.54, 1.807) is 7.05 Å². The van der Waals surface area contributed by atoms with Crippen molar-refractivity contribution in [2.24, 2.45) is 16.3 Å². The van der Waals surface area contributed by atoms with E-state index in [1.165, 1.54) is 25.7 Å². The van der Waals surface area contributed by atoms with Crippen molar-refractivity contribution < 1.29 is 13.2 Å². The third-order valence-corrected chi connectivity index (χ3v) is 3.87. The molecule has 2 aliphatic rings. The Balaban J connectivity index is 0.00000180. The second-order valence-corrected chi connectivity index (χ2v) is 5.35. The molecule has 0 atom stereocenters. The largest absolute Gasteiger partial charge is 0.390 e. The van der Waals surface area contributed by atoms with Gasteiger partial charge in [-0.25, -0.2) is 0 Å². The first-order chi connectivity index (χ1) is 8.45. The van der Waals surface area contributed by atoms with Crippen LogP contribution < -0.4 is 10.6 Å². The van der Waals surface area contributed by atoms with Crippen molar-refractivity contribution in [3.8, 4) is 0 Å². The van der Waals surface area contributed by atoms with Gasteiger partial charge < -0.3 is 10.6 Å². The van der Waals surface area contributed by atoms with Crippen LogP contribution in [0.2, 0.25) is 0 Å². The first-order valence-corrected chi connectivity index (χ1v) is 6.46. The van der Waals surface area contributed by atoms with Gasteiger partial charge in [0.25, 0.3) is 0 Å². The second kappa shape index (κ2) is 6.49. The van der Waals surface area contributed by atoms with Crippen LogP contribution in [0.15, 0.2) is 4.99 Å². The normalized spacial score (nSPS) is 21.6. The summed E-state index contributed by atoms with van der Waals surface area (Å²) in [5.74, 6) is 1.31. The number of rotatable bonds is 5. The minimum atomic E-state index is -4.11. The fourth-order valence-electron chi connectivity index (χ4n) is 2.39. The Morgan fingerprint density at radius 1 is 1.26 bits per heavy atom. The van der Waals surface area contributed by atoms with Gasteiger partial charge in [0.15, 0.2) is 5.96 Å². The van der Waals surface area contributed by atoms with Crippen LogP contribution in [0.1, 0.15) is 32.1 Å². The van der Waals surface area contributed by atoms with Crippen molar-refractivity contribution in [2.75, 3.05) is 20.1 Å². The molecule has 0 aromatic rings. The molecule has 19 heavy (non-hydrogen) atoms. The zero-order valence-corrected chi connectivity index (χ0v) is 13.3. The summed E-state index contributed by atoms with van der Waals surface area (Å²) in [5.41, 5.74) is 0.418. The van der Waals surface area contributed by atoms with Crippen molar-refractivity contribution in [3.05, 3.63) is 0 Å². The lowest BCUT2D eigenvalue weighted by Gasteiger charge is -2.18. The van der Waals surface area contributed by atoms with E-state index in [1.807, 2.05) is 0 Å². The molecule has 3 nitrogen and oxygen atoms in total. The van der Waals surface area contributed by atoms with Gasteiger partial charge in [-0.1, -0.05) is 0 Å². The van der Waals surface area contributed by atoms with Crippen LogP contribution >= 0.6 is 24.0 Å². The molecule has 2 N–H and O–H groups in total. The number of aliphatic imine (C=N–C) groups is 1. The fourth-order valence-corrected chi connectivity index (χ4v) is 2.39. The van der Waals surface area contributed by atoms with Crippen molar-refractivity contribution >= 4 is 29.9 Å². The molecule has 0 saturated heterocycles. The Kier molecular flexibility index (Phi) is 5.76. The SMILES string of the molecule is CN=C(NCCC(F)(F)F)NCC1(C2CC2)CC1.I. The quantitative estimate of drug-likeness (QED) is 0.430. The summed E-state index contributed by atoms with van der Waals surface area (Å²) in [6.07, 6.45) is 0.150. The zero-order chi connectivity index (χ0) is 13.2. The lowest BCUT2D eigenvalue weighted by Crippen LogP contribution is -2.41. The highest BCUT2D eigenvalue weighted by Crippen LogP contribution is 2.60. The summed E-state index contributed by atoms with van der Waals surface area (Å²) in [6.45, 7) is 0.711. The summed E-state index contributed by atoms with van der Waals surface area (Å²) >= 11 is 0. The Bertz CT molecular complexity index is 323. The molecule has 2 rings (SSSR count). The van der Waals surface area contributed by atoms with Gasteiger partial charge in [0.05, 0.1) is 6.42 Å². The molecule has 0 aromatic heterocycles. The van der Waals surface area contributed by atoms with E-state index >= 15 is 0 Å². The summed E-state index contributed by atoms with van der Waals surface area (Å²) < 4.78 is 36.0. The number of nitrogens with one attached hydrogen (secondary N) is 2. The van der Waals surface area contributed by atoms with Crippen LogP contribution in [0, 0.1) is 11.3 Å². The molecule has 0 radical (unpaired) electrons. The molecule has 0 amide bonds. The average Bonchev–Trinajstić information content (AvgIpc) is 3.14. The van der Waals surface area contributed by atoms with Crippen LogP contribution in [0.4, 0.5) is 13.2 Å². The molecule has 0 heterocycles. The van der Waals surface area contributed by atoms with Gasteiger partial charge in [0, 0.05) is 20.1 Å². The van der Waals surface area contributed by atoms with Gasteiger partial charge >= 0.3 is 6.18 Å². The highest BCUT2D eigenvalue weighted by atomic mass is 127. The van der Waals surface area contributed by atoms with Gasteiger partial charge in [-0.3, -0.25) is 4.99 Å². The lowest BCUT2D eigenvalue weighted by molar-refractivity contribution is -0.132. The number of alkyl halides is 3. The van der Waals surface area contributed by atoms with Gasteiger partial charge in [0.1, 0.15) is 0 Å². The van der Waals surface area contributed by atoms with Crippen LogP contribution in [-0.2, 0) is 0 Å². The Morgan fingerprint density at radius 2 is 1.89 bits per heavy atom. The van der Waals surface area contributed by atoms with Crippen LogP contribution in [0.3, 0.4) is 0 Å². The molecule has 0 unspecified atom stereocenters. The minimum Gasteiger partial charge on any atom is -0.356 e. The molecular weight excluding hydrogens is 370 g/mol. The fraction of sp³-hybridized carbons (Fsp3) is 0.917.